The molecule has 2 aliphatic heterocycles. The minimum Gasteiger partial charge on any atom is -0.456 e. The molecule has 4 nitrogen and oxygen atoms in total. The zero-order chi connectivity index (χ0) is 12.4. The zero-order valence-electron chi connectivity index (χ0n) is 10.9. The topological polar surface area (TPSA) is 36.9 Å². The van der Waals surface area contributed by atoms with E-state index in [-0.39, 0.29) is 12.6 Å². The smallest absolute Gasteiger partial charge is 0.240 e. The van der Waals surface area contributed by atoms with Gasteiger partial charge in [-0.1, -0.05) is 0 Å². The lowest BCUT2D eigenvalue weighted by atomic mass is 10.2. The average Bonchev–Trinajstić information content (AvgIpc) is 2.73. The van der Waals surface area contributed by atoms with Gasteiger partial charge in [-0.3, -0.25) is 0 Å². The molecule has 17 heavy (non-hydrogen) atoms. The highest BCUT2D eigenvalue weighted by Crippen LogP contribution is 2.27. The van der Waals surface area contributed by atoms with Crippen molar-refractivity contribution in [1.29, 1.82) is 0 Å². The second-order valence-electron chi connectivity index (χ2n) is 4.49. The molecule has 0 saturated carbocycles. The minimum absolute atomic E-state index is 0.133. The predicted octanol–water partition coefficient (Wildman–Crippen LogP) is 3.41. The molecule has 0 fully saturated rings. The molecule has 0 unspecified atom stereocenters. The summed E-state index contributed by atoms with van der Waals surface area (Å²) in [5.41, 5.74) is 0. The van der Waals surface area contributed by atoms with E-state index in [1.165, 1.54) is 0 Å². The maximum Gasteiger partial charge on any atom is 0.240 e. The van der Waals surface area contributed by atoms with Gasteiger partial charge in [0.1, 0.15) is 23.0 Å². The molecule has 2 heterocycles. The Morgan fingerprint density at radius 3 is 1.24 bits per heavy atom. The third-order valence-corrected chi connectivity index (χ3v) is 3.10. The van der Waals surface area contributed by atoms with Crippen LogP contribution in [0.1, 0.15) is 47.0 Å². The van der Waals surface area contributed by atoms with Gasteiger partial charge in [0.05, 0.1) is 0 Å². The first-order valence-electron chi connectivity index (χ1n) is 6.08. The van der Waals surface area contributed by atoms with E-state index < -0.39 is 0 Å². The van der Waals surface area contributed by atoms with Gasteiger partial charge in [-0.05, 0) is 34.1 Å². The van der Waals surface area contributed by atoms with Crippen LogP contribution in [0.25, 0.3) is 0 Å². The summed E-state index contributed by atoms with van der Waals surface area (Å²) in [6.07, 6.45) is 2.40. The lowest BCUT2D eigenvalue weighted by Crippen LogP contribution is -2.12. The Morgan fingerprint density at radius 2 is 0.941 bits per heavy atom. The second-order valence-corrected chi connectivity index (χ2v) is 4.49. The van der Waals surface area contributed by atoms with Crippen LogP contribution in [0.5, 0.6) is 0 Å². The van der Waals surface area contributed by atoms with Gasteiger partial charge in [-0.15, -0.1) is 0 Å². The van der Waals surface area contributed by atoms with Crippen molar-refractivity contribution >= 4 is 0 Å². The van der Waals surface area contributed by atoms with E-state index in [0.29, 0.717) is 0 Å². The van der Waals surface area contributed by atoms with Crippen molar-refractivity contribution in [2.24, 2.45) is 0 Å². The molecule has 4 heteroatoms. The third-order valence-electron chi connectivity index (χ3n) is 3.10. The highest BCUT2D eigenvalue weighted by molar-refractivity contribution is 5.00. The van der Waals surface area contributed by atoms with Crippen LogP contribution < -0.4 is 0 Å². The summed E-state index contributed by atoms with van der Waals surface area (Å²) in [5.74, 6) is 3.54. The first-order valence-corrected chi connectivity index (χ1v) is 6.08. The molecule has 0 aromatic rings. The van der Waals surface area contributed by atoms with Crippen molar-refractivity contribution in [3.05, 3.63) is 23.0 Å². The van der Waals surface area contributed by atoms with Crippen LogP contribution >= 0.6 is 0 Å². The molecular weight excluding hydrogens is 220 g/mol. The predicted molar refractivity (Wildman–Crippen MR) is 62.5 cm³/mol. The summed E-state index contributed by atoms with van der Waals surface area (Å²) >= 11 is 0. The van der Waals surface area contributed by atoms with Crippen molar-refractivity contribution in [2.75, 3.05) is 0 Å². The monoisotopic (exact) mass is 240 g/mol. The quantitative estimate of drug-likeness (QED) is 0.754. The zero-order valence-corrected chi connectivity index (χ0v) is 10.9. The van der Waals surface area contributed by atoms with E-state index in [2.05, 4.69) is 0 Å². The standard InChI is InChI=1S/C13H20O4/c1-8-9(2)15-12(14-8)6-5-7-13-16-10(3)11(4)17-13/h12-13H,5-7H2,1-4H3. The fourth-order valence-corrected chi connectivity index (χ4v) is 1.86. The van der Waals surface area contributed by atoms with Crippen molar-refractivity contribution in [3.63, 3.8) is 0 Å². The Morgan fingerprint density at radius 1 is 0.647 bits per heavy atom. The summed E-state index contributed by atoms with van der Waals surface area (Å²) < 4.78 is 22.2. The van der Waals surface area contributed by atoms with Gasteiger partial charge < -0.3 is 18.9 Å². The summed E-state index contributed by atoms with van der Waals surface area (Å²) in [6.45, 7) is 7.70. The highest BCUT2D eigenvalue weighted by Gasteiger charge is 2.24. The minimum atomic E-state index is -0.133. The Balaban J connectivity index is 1.63. The molecule has 2 aliphatic rings. The van der Waals surface area contributed by atoms with E-state index >= 15 is 0 Å². The van der Waals surface area contributed by atoms with E-state index in [9.17, 15) is 0 Å². The van der Waals surface area contributed by atoms with Gasteiger partial charge in [-0.2, -0.15) is 0 Å². The molecule has 0 aromatic carbocycles. The van der Waals surface area contributed by atoms with Gasteiger partial charge in [-0.25, -0.2) is 0 Å². The van der Waals surface area contributed by atoms with Gasteiger partial charge in [0.25, 0.3) is 0 Å². The lowest BCUT2D eigenvalue weighted by Gasteiger charge is -2.14. The van der Waals surface area contributed by atoms with Crippen LogP contribution in [0.2, 0.25) is 0 Å². The first-order chi connectivity index (χ1) is 8.06. The Hall–Kier alpha value is -1.32. The summed E-state index contributed by atoms with van der Waals surface area (Å²) in [4.78, 5) is 0. The lowest BCUT2D eigenvalue weighted by molar-refractivity contribution is -0.0639. The van der Waals surface area contributed by atoms with Crippen LogP contribution in [0.4, 0.5) is 0 Å². The van der Waals surface area contributed by atoms with E-state index in [1.807, 2.05) is 27.7 Å². The Bertz CT molecular complexity index is 294. The molecule has 2 rings (SSSR count). The van der Waals surface area contributed by atoms with Crippen molar-refractivity contribution in [2.45, 2.75) is 59.5 Å². The molecule has 96 valence electrons. The molecule has 0 radical (unpaired) electrons. The fourth-order valence-electron chi connectivity index (χ4n) is 1.86. The first kappa shape index (κ1) is 12.1. The molecule has 0 aliphatic carbocycles. The van der Waals surface area contributed by atoms with E-state index in [4.69, 9.17) is 18.9 Å². The number of hydrogen-bond donors (Lipinski definition) is 0. The van der Waals surface area contributed by atoms with E-state index in [1.54, 1.807) is 0 Å². The van der Waals surface area contributed by atoms with Crippen LogP contribution in [0.3, 0.4) is 0 Å². The SMILES string of the molecule is CC1=C(C)OC(CCCC2OC(C)=C(C)O2)O1. The van der Waals surface area contributed by atoms with Crippen molar-refractivity contribution < 1.29 is 18.9 Å². The van der Waals surface area contributed by atoms with Gasteiger partial charge >= 0.3 is 0 Å². The fraction of sp³-hybridized carbons (Fsp3) is 0.692. The maximum absolute atomic E-state index is 5.55. The van der Waals surface area contributed by atoms with Crippen molar-refractivity contribution in [3.8, 4) is 0 Å². The van der Waals surface area contributed by atoms with Crippen molar-refractivity contribution in [1.82, 2.24) is 0 Å². The molecule has 0 amide bonds. The molecule has 0 bridgehead atoms. The maximum atomic E-state index is 5.55. The molecule has 0 saturated heterocycles. The number of hydrogen-bond acceptors (Lipinski definition) is 4. The van der Waals surface area contributed by atoms with Gasteiger partial charge in [0, 0.05) is 12.8 Å². The van der Waals surface area contributed by atoms with Crippen LogP contribution in [-0.2, 0) is 18.9 Å². The second kappa shape index (κ2) is 4.90. The normalized spacial score (nSPS) is 21.4. The van der Waals surface area contributed by atoms with Crippen LogP contribution in [0.15, 0.2) is 23.0 Å². The Labute approximate surface area is 102 Å². The molecule has 0 spiro atoms. The average molecular weight is 240 g/mol. The number of ether oxygens (including phenoxy) is 4. The number of rotatable bonds is 4. The van der Waals surface area contributed by atoms with Gasteiger partial charge in [0.2, 0.25) is 12.6 Å². The molecule has 0 aromatic heterocycles. The number of allylic oxidation sites excluding steroid dienone is 4. The third kappa shape index (κ3) is 2.87. The van der Waals surface area contributed by atoms with E-state index in [0.717, 1.165) is 42.3 Å². The molecular formula is C13H20O4. The Kier molecular flexibility index (Phi) is 3.50. The molecule has 0 atom stereocenters. The van der Waals surface area contributed by atoms with Gasteiger partial charge in [0.15, 0.2) is 0 Å². The summed E-state index contributed by atoms with van der Waals surface area (Å²) in [7, 11) is 0. The highest BCUT2D eigenvalue weighted by atomic mass is 16.7. The molecule has 0 N–H and O–H groups in total. The summed E-state index contributed by atoms with van der Waals surface area (Å²) in [5, 5.41) is 0. The van der Waals surface area contributed by atoms with Crippen LogP contribution in [-0.4, -0.2) is 12.6 Å². The largest absolute Gasteiger partial charge is 0.456 e. The summed E-state index contributed by atoms with van der Waals surface area (Å²) in [6, 6.07) is 0. The van der Waals surface area contributed by atoms with Crippen LogP contribution in [0, 0.1) is 0 Å².